The lowest BCUT2D eigenvalue weighted by Gasteiger charge is -2.23. The summed E-state index contributed by atoms with van der Waals surface area (Å²) < 4.78 is 9.02. The van der Waals surface area contributed by atoms with Gasteiger partial charge in [-0.15, -0.1) is 0 Å². The zero-order valence-electron chi connectivity index (χ0n) is 15.5. The molecule has 1 heterocycles. The van der Waals surface area contributed by atoms with Crippen LogP contribution in [0.2, 0.25) is 0 Å². The van der Waals surface area contributed by atoms with E-state index >= 15 is 0 Å². The number of hydrogen-bond acceptors (Lipinski definition) is 9. The van der Waals surface area contributed by atoms with Gasteiger partial charge in [0.15, 0.2) is 0 Å². The van der Waals surface area contributed by atoms with Crippen LogP contribution in [0.25, 0.3) is 0 Å². The third-order valence-electron chi connectivity index (χ3n) is 4.34. The zero-order valence-corrected chi connectivity index (χ0v) is 17.1. The summed E-state index contributed by atoms with van der Waals surface area (Å²) in [6.45, 7) is 0. The molecule has 2 amide bonds. The monoisotopic (exact) mass is 421 g/mol. The number of likely N-dealkylation sites (N-methyl/N-ethyl adjacent to an activating group) is 1. The predicted molar refractivity (Wildman–Crippen MR) is 104 cm³/mol. The number of rotatable bonds is 12. The third kappa shape index (κ3) is 7.68. The molecule has 1 fully saturated rings. The number of nitrogens with one attached hydrogen (secondary N) is 2. The van der Waals surface area contributed by atoms with Crippen LogP contribution < -0.4 is 10.6 Å². The van der Waals surface area contributed by atoms with Gasteiger partial charge in [-0.25, -0.2) is 4.79 Å². The van der Waals surface area contributed by atoms with E-state index in [9.17, 15) is 19.2 Å². The molecule has 0 bridgehead atoms. The van der Waals surface area contributed by atoms with Crippen LogP contribution in [0.5, 0.6) is 0 Å². The summed E-state index contributed by atoms with van der Waals surface area (Å²) in [5.74, 6) is -0.272. The van der Waals surface area contributed by atoms with Gasteiger partial charge in [-0.2, -0.15) is 16.8 Å². The molecule has 0 saturated carbocycles. The molecule has 3 N–H and O–H groups in total. The number of hydroxylamine groups is 2. The SMILES string of the molecule is CNC1CSC(CCCCC(=O)ON(C)C(=O)C(CC=O)SO)C1NC=O. The minimum Gasteiger partial charge on any atom is -0.353 e. The van der Waals surface area contributed by atoms with Gasteiger partial charge in [-0.05, 0) is 19.9 Å². The number of aldehydes is 1. The van der Waals surface area contributed by atoms with Crippen molar-refractivity contribution in [2.24, 2.45) is 0 Å². The highest BCUT2D eigenvalue weighted by atomic mass is 32.2. The first-order valence-electron chi connectivity index (χ1n) is 8.69. The Labute approximate surface area is 167 Å². The average molecular weight is 422 g/mol. The first-order chi connectivity index (χ1) is 13.0. The van der Waals surface area contributed by atoms with Crippen LogP contribution >= 0.6 is 23.8 Å². The summed E-state index contributed by atoms with van der Waals surface area (Å²) >= 11 is 2.05. The van der Waals surface area contributed by atoms with E-state index in [1.807, 2.05) is 7.05 Å². The fraction of sp³-hybridized carbons (Fsp3) is 0.750. The first-order valence-corrected chi connectivity index (χ1v) is 10.6. The molecule has 0 aromatic heterocycles. The summed E-state index contributed by atoms with van der Waals surface area (Å²) in [4.78, 5) is 50.0. The minimum absolute atomic E-state index is 0.0685. The molecule has 9 nitrogen and oxygen atoms in total. The number of amides is 2. The van der Waals surface area contributed by atoms with E-state index in [4.69, 9.17) is 9.39 Å². The lowest BCUT2D eigenvalue weighted by Crippen LogP contribution is -2.48. The second-order valence-corrected chi connectivity index (χ2v) is 8.17. The van der Waals surface area contributed by atoms with Gasteiger partial charge in [0.05, 0.1) is 6.04 Å². The quantitative estimate of drug-likeness (QED) is 0.178. The topological polar surface area (TPSA) is 125 Å². The van der Waals surface area contributed by atoms with Crippen molar-refractivity contribution in [1.82, 2.24) is 15.7 Å². The molecule has 1 saturated heterocycles. The van der Waals surface area contributed by atoms with E-state index in [0.717, 1.165) is 30.1 Å². The van der Waals surface area contributed by atoms with Crippen molar-refractivity contribution in [3.63, 3.8) is 0 Å². The maximum atomic E-state index is 11.9. The van der Waals surface area contributed by atoms with Gasteiger partial charge in [0.2, 0.25) is 6.41 Å². The Hall–Kier alpha value is -1.30. The number of hydrogen-bond donors (Lipinski definition) is 3. The summed E-state index contributed by atoms with van der Waals surface area (Å²) in [5.41, 5.74) is 0. The molecule has 4 atom stereocenters. The summed E-state index contributed by atoms with van der Waals surface area (Å²) in [6, 6.07) is 0.303. The smallest absolute Gasteiger partial charge is 0.332 e. The standard InChI is InChI=1S/C16H27N3O6S2/c1-17-11-9-26-12(15(11)18-10-21)5-3-4-6-14(22)25-19(2)16(23)13(27-24)7-8-20/h8,10-13,15,17,24H,3-7,9H2,1-2H3,(H,18,21). The fourth-order valence-corrected chi connectivity index (χ4v) is 4.90. The van der Waals surface area contributed by atoms with E-state index in [1.165, 1.54) is 7.05 Å². The van der Waals surface area contributed by atoms with E-state index in [-0.39, 0.29) is 37.0 Å². The molecule has 0 aromatic carbocycles. The maximum absolute atomic E-state index is 11.9. The molecule has 0 aromatic rings. The van der Waals surface area contributed by atoms with E-state index in [1.54, 1.807) is 11.8 Å². The van der Waals surface area contributed by atoms with Crippen molar-refractivity contribution in [3.8, 4) is 0 Å². The Bertz CT molecular complexity index is 511. The van der Waals surface area contributed by atoms with Crippen molar-refractivity contribution in [1.29, 1.82) is 0 Å². The molecule has 154 valence electrons. The summed E-state index contributed by atoms with van der Waals surface area (Å²) in [5, 5.41) is 6.12. The van der Waals surface area contributed by atoms with E-state index < -0.39 is 17.1 Å². The molecule has 1 aliphatic rings. The average Bonchev–Trinajstić information content (AvgIpc) is 3.04. The van der Waals surface area contributed by atoms with Crippen LogP contribution in [0, 0.1) is 0 Å². The van der Waals surface area contributed by atoms with Crippen LogP contribution in [0.3, 0.4) is 0 Å². The zero-order chi connectivity index (χ0) is 20.2. The third-order valence-corrected chi connectivity index (χ3v) is 6.49. The summed E-state index contributed by atoms with van der Waals surface area (Å²) in [6.07, 6.45) is 3.49. The Morgan fingerprint density at radius 2 is 2.15 bits per heavy atom. The highest BCUT2D eigenvalue weighted by Crippen LogP contribution is 2.31. The van der Waals surface area contributed by atoms with Crippen molar-refractivity contribution in [2.45, 2.75) is 54.7 Å². The molecular weight excluding hydrogens is 394 g/mol. The fourth-order valence-electron chi connectivity index (χ4n) is 2.86. The van der Waals surface area contributed by atoms with Crippen LogP contribution in [-0.4, -0.2) is 76.6 Å². The van der Waals surface area contributed by atoms with Gasteiger partial charge in [0.25, 0.3) is 5.91 Å². The second-order valence-electron chi connectivity index (χ2n) is 6.12. The molecule has 0 radical (unpaired) electrons. The van der Waals surface area contributed by atoms with Crippen LogP contribution in [0.1, 0.15) is 32.1 Å². The highest BCUT2D eigenvalue weighted by molar-refractivity contribution is 8.00. The van der Waals surface area contributed by atoms with E-state index in [2.05, 4.69) is 10.6 Å². The molecule has 1 rings (SSSR count). The molecule has 0 aliphatic carbocycles. The van der Waals surface area contributed by atoms with Crippen molar-refractivity contribution < 1.29 is 28.6 Å². The maximum Gasteiger partial charge on any atom is 0.332 e. The largest absolute Gasteiger partial charge is 0.353 e. The predicted octanol–water partition coefficient (Wildman–Crippen LogP) is 0.445. The normalized spacial score (nSPS) is 22.7. The molecule has 11 heteroatoms. The second kappa shape index (κ2) is 13.0. The van der Waals surface area contributed by atoms with Gasteiger partial charge in [0, 0.05) is 49.0 Å². The molecular formula is C16H27N3O6S2. The number of carbonyl (C=O) groups is 4. The molecule has 0 spiro atoms. The van der Waals surface area contributed by atoms with E-state index in [0.29, 0.717) is 18.0 Å². The Morgan fingerprint density at radius 3 is 2.74 bits per heavy atom. The van der Waals surface area contributed by atoms with Crippen LogP contribution in [-0.2, 0) is 24.0 Å². The molecule has 4 unspecified atom stereocenters. The lowest BCUT2D eigenvalue weighted by molar-refractivity contribution is -0.192. The number of unbranched alkanes of at least 4 members (excludes halogenated alkanes) is 1. The summed E-state index contributed by atoms with van der Waals surface area (Å²) in [7, 11) is 3.15. The number of carbonyl (C=O) groups excluding carboxylic acids is 4. The van der Waals surface area contributed by atoms with Crippen molar-refractivity contribution >= 4 is 48.4 Å². The van der Waals surface area contributed by atoms with Crippen molar-refractivity contribution in [3.05, 3.63) is 0 Å². The van der Waals surface area contributed by atoms with Gasteiger partial charge in [0.1, 0.15) is 11.5 Å². The number of nitrogens with zero attached hydrogens (tertiary/aromatic N) is 1. The van der Waals surface area contributed by atoms with Gasteiger partial charge >= 0.3 is 5.97 Å². The Morgan fingerprint density at radius 1 is 1.41 bits per heavy atom. The Kier molecular flexibility index (Phi) is 11.4. The number of thioether (sulfide) groups is 1. The first kappa shape index (κ1) is 23.7. The van der Waals surface area contributed by atoms with Gasteiger partial charge < -0.3 is 24.8 Å². The molecule has 27 heavy (non-hydrogen) atoms. The Balaban J connectivity index is 2.31. The molecule has 1 aliphatic heterocycles. The van der Waals surface area contributed by atoms with Crippen molar-refractivity contribution in [2.75, 3.05) is 19.8 Å². The van der Waals surface area contributed by atoms with Crippen LogP contribution in [0.4, 0.5) is 0 Å². The van der Waals surface area contributed by atoms with Gasteiger partial charge in [-0.3, -0.25) is 9.59 Å². The van der Waals surface area contributed by atoms with Gasteiger partial charge in [-0.1, -0.05) is 6.42 Å². The highest BCUT2D eigenvalue weighted by Gasteiger charge is 2.35. The lowest BCUT2D eigenvalue weighted by atomic mass is 10.0. The van der Waals surface area contributed by atoms with Crippen LogP contribution in [0.15, 0.2) is 0 Å². The minimum atomic E-state index is -0.984.